The van der Waals surface area contributed by atoms with E-state index in [0.717, 1.165) is 11.3 Å². The van der Waals surface area contributed by atoms with E-state index in [2.05, 4.69) is 4.98 Å². The van der Waals surface area contributed by atoms with Gasteiger partial charge < -0.3 is 10.8 Å². The standard InChI is InChI=1S/C8H12N2O2S/c1-3-5-6(8(11)12)13-7(10-5)4(2)9/h4H,3,9H2,1-2H3,(H,11,12). The van der Waals surface area contributed by atoms with Gasteiger partial charge in [-0.15, -0.1) is 11.3 Å². The van der Waals surface area contributed by atoms with Crippen molar-refractivity contribution in [2.45, 2.75) is 26.3 Å². The first kappa shape index (κ1) is 10.1. The van der Waals surface area contributed by atoms with Crippen LogP contribution in [0.2, 0.25) is 0 Å². The minimum Gasteiger partial charge on any atom is -0.477 e. The summed E-state index contributed by atoms with van der Waals surface area (Å²) in [5.74, 6) is -0.916. The SMILES string of the molecule is CCc1nc(C(C)N)sc1C(=O)O. The molecule has 1 atom stereocenters. The van der Waals surface area contributed by atoms with Gasteiger partial charge in [-0.25, -0.2) is 9.78 Å². The minimum atomic E-state index is -0.916. The Morgan fingerprint density at radius 1 is 1.77 bits per heavy atom. The van der Waals surface area contributed by atoms with Crippen LogP contribution in [0.15, 0.2) is 0 Å². The average Bonchev–Trinajstić information content (AvgIpc) is 2.47. The largest absolute Gasteiger partial charge is 0.477 e. The van der Waals surface area contributed by atoms with Crippen molar-refractivity contribution < 1.29 is 9.90 Å². The van der Waals surface area contributed by atoms with Crippen molar-refractivity contribution in [3.05, 3.63) is 15.6 Å². The quantitative estimate of drug-likeness (QED) is 0.773. The lowest BCUT2D eigenvalue weighted by Crippen LogP contribution is -2.04. The van der Waals surface area contributed by atoms with E-state index in [1.54, 1.807) is 6.92 Å². The fourth-order valence-electron chi connectivity index (χ4n) is 0.972. The first-order valence-electron chi connectivity index (χ1n) is 4.04. The van der Waals surface area contributed by atoms with Crippen LogP contribution in [-0.2, 0) is 6.42 Å². The first-order valence-corrected chi connectivity index (χ1v) is 4.86. The van der Waals surface area contributed by atoms with Crippen molar-refractivity contribution in [3.8, 4) is 0 Å². The fraction of sp³-hybridized carbons (Fsp3) is 0.500. The van der Waals surface area contributed by atoms with E-state index in [1.807, 2.05) is 6.92 Å². The number of aromatic nitrogens is 1. The fourth-order valence-corrected chi connectivity index (χ4v) is 1.92. The number of carboxylic acid groups (broad SMARTS) is 1. The lowest BCUT2D eigenvalue weighted by Gasteiger charge is -1.95. The van der Waals surface area contributed by atoms with Crippen molar-refractivity contribution >= 4 is 17.3 Å². The lowest BCUT2D eigenvalue weighted by atomic mass is 10.3. The van der Waals surface area contributed by atoms with Crippen molar-refractivity contribution in [2.24, 2.45) is 5.73 Å². The predicted molar refractivity (Wildman–Crippen MR) is 51.1 cm³/mol. The van der Waals surface area contributed by atoms with Crippen molar-refractivity contribution in [2.75, 3.05) is 0 Å². The molecular formula is C8H12N2O2S. The molecule has 0 saturated carbocycles. The number of hydrogen-bond acceptors (Lipinski definition) is 4. The number of carboxylic acids is 1. The van der Waals surface area contributed by atoms with Crippen LogP contribution in [-0.4, -0.2) is 16.1 Å². The number of rotatable bonds is 3. The van der Waals surface area contributed by atoms with Gasteiger partial charge in [0.15, 0.2) is 0 Å². The number of hydrogen-bond donors (Lipinski definition) is 2. The van der Waals surface area contributed by atoms with Crippen molar-refractivity contribution in [1.82, 2.24) is 4.98 Å². The summed E-state index contributed by atoms with van der Waals surface area (Å²) in [6.07, 6.45) is 0.630. The van der Waals surface area contributed by atoms with Gasteiger partial charge in [-0.3, -0.25) is 0 Å². The zero-order valence-corrected chi connectivity index (χ0v) is 8.39. The van der Waals surface area contributed by atoms with Gasteiger partial charge >= 0.3 is 5.97 Å². The monoisotopic (exact) mass is 200 g/mol. The van der Waals surface area contributed by atoms with Crippen molar-refractivity contribution in [3.63, 3.8) is 0 Å². The highest BCUT2D eigenvalue weighted by molar-refractivity contribution is 7.13. The summed E-state index contributed by atoms with van der Waals surface area (Å²) in [4.78, 5) is 15.2. The highest BCUT2D eigenvalue weighted by Crippen LogP contribution is 2.22. The van der Waals surface area contributed by atoms with Gasteiger partial charge in [-0.2, -0.15) is 0 Å². The maximum absolute atomic E-state index is 10.7. The van der Waals surface area contributed by atoms with Crippen LogP contribution < -0.4 is 5.73 Å². The number of aromatic carboxylic acids is 1. The molecule has 1 heterocycles. The van der Waals surface area contributed by atoms with E-state index in [1.165, 1.54) is 0 Å². The number of nitrogens with two attached hydrogens (primary N) is 1. The molecule has 1 rings (SSSR count). The molecule has 0 radical (unpaired) electrons. The smallest absolute Gasteiger partial charge is 0.347 e. The van der Waals surface area contributed by atoms with E-state index >= 15 is 0 Å². The summed E-state index contributed by atoms with van der Waals surface area (Å²) < 4.78 is 0. The topological polar surface area (TPSA) is 76.2 Å². The van der Waals surface area contributed by atoms with Crippen molar-refractivity contribution in [1.29, 1.82) is 0 Å². The third-order valence-corrected chi connectivity index (χ3v) is 2.92. The molecular weight excluding hydrogens is 188 g/mol. The average molecular weight is 200 g/mol. The summed E-state index contributed by atoms with van der Waals surface area (Å²) >= 11 is 1.16. The molecule has 1 unspecified atom stereocenters. The third kappa shape index (κ3) is 2.05. The zero-order valence-electron chi connectivity index (χ0n) is 7.57. The molecule has 72 valence electrons. The van der Waals surface area contributed by atoms with Crippen LogP contribution in [0.4, 0.5) is 0 Å². The zero-order chi connectivity index (χ0) is 10.0. The third-order valence-electron chi connectivity index (χ3n) is 1.63. The summed E-state index contributed by atoms with van der Waals surface area (Å²) in [6, 6.07) is -0.191. The molecule has 5 heteroatoms. The van der Waals surface area contributed by atoms with E-state index in [0.29, 0.717) is 22.0 Å². The molecule has 4 nitrogen and oxygen atoms in total. The summed E-state index contributed by atoms with van der Waals surface area (Å²) in [6.45, 7) is 3.68. The second kappa shape index (κ2) is 3.85. The Balaban J connectivity index is 3.11. The van der Waals surface area contributed by atoms with Gasteiger partial charge in [-0.05, 0) is 13.3 Å². The molecule has 1 aromatic heterocycles. The highest BCUT2D eigenvalue weighted by atomic mass is 32.1. The summed E-state index contributed by atoms with van der Waals surface area (Å²) in [7, 11) is 0. The molecule has 0 aliphatic heterocycles. The molecule has 0 bridgehead atoms. The Morgan fingerprint density at radius 2 is 2.38 bits per heavy atom. The molecule has 0 fully saturated rings. The predicted octanol–water partition coefficient (Wildman–Crippen LogP) is 1.42. The number of carbonyl (C=O) groups is 1. The minimum absolute atomic E-state index is 0.191. The Hall–Kier alpha value is -0.940. The summed E-state index contributed by atoms with van der Waals surface area (Å²) in [5, 5.41) is 9.51. The molecule has 0 aromatic carbocycles. The lowest BCUT2D eigenvalue weighted by molar-refractivity contribution is 0.0701. The second-order valence-corrected chi connectivity index (χ2v) is 3.81. The Labute approximate surface area is 80.4 Å². The van der Waals surface area contributed by atoms with Gasteiger partial charge in [-0.1, -0.05) is 6.92 Å². The van der Waals surface area contributed by atoms with E-state index in [-0.39, 0.29) is 6.04 Å². The maximum atomic E-state index is 10.7. The normalized spacial score (nSPS) is 12.8. The molecule has 0 aliphatic rings. The van der Waals surface area contributed by atoms with E-state index in [9.17, 15) is 4.79 Å². The molecule has 3 N–H and O–H groups in total. The van der Waals surface area contributed by atoms with Crippen LogP contribution >= 0.6 is 11.3 Å². The Morgan fingerprint density at radius 3 is 2.69 bits per heavy atom. The van der Waals surface area contributed by atoms with Gasteiger partial charge in [0.2, 0.25) is 0 Å². The van der Waals surface area contributed by atoms with E-state index in [4.69, 9.17) is 10.8 Å². The Kier molecular flexibility index (Phi) is 3.00. The van der Waals surface area contributed by atoms with Gasteiger partial charge in [0, 0.05) is 0 Å². The van der Waals surface area contributed by atoms with Crippen LogP contribution in [0.3, 0.4) is 0 Å². The Bertz CT molecular complexity index is 320. The van der Waals surface area contributed by atoms with Crippen LogP contribution in [0, 0.1) is 0 Å². The van der Waals surface area contributed by atoms with Gasteiger partial charge in [0.25, 0.3) is 0 Å². The number of nitrogens with zero attached hydrogens (tertiary/aromatic N) is 1. The summed E-state index contributed by atoms with van der Waals surface area (Å²) in [5.41, 5.74) is 6.24. The molecule has 1 aromatic rings. The maximum Gasteiger partial charge on any atom is 0.347 e. The van der Waals surface area contributed by atoms with Gasteiger partial charge in [0.1, 0.15) is 9.88 Å². The molecule has 0 spiro atoms. The first-order chi connectivity index (χ1) is 6.06. The molecule has 0 saturated heterocycles. The molecule has 0 aliphatic carbocycles. The van der Waals surface area contributed by atoms with Crippen LogP contribution in [0.5, 0.6) is 0 Å². The molecule has 13 heavy (non-hydrogen) atoms. The number of thiazole rings is 1. The highest BCUT2D eigenvalue weighted by Gasteiger charge is 2.17. The van der Waals surface area contributed by atoms with Crippen LogP contribution in [0.25, 0.3) is 0 Å². The van der Waals surface area contributed by atoms with E-state index < -0.39 is 5.97 Å². The van der Waals surface area contributed by atoms with Crippen LogP contribution in [0.1, 0.15) is 40.3 Å². The second-order valence-electron chi connectivity index (χ2n) is 2.78. The van der Waals surface area contributed by atoms with Gasteiger partial charge in [0.05, 0.1) is 11.7 Å². The molecule has 0 amide bonds. The number of aryl methyl sites for hydroxylation is 1.